The van der Waals surface area contributed by atoms with Gasteiger partial charge < -0.3 is 14.2 Å². The third-order valence-electron chi connectivity index (χ3n) is 6.01. The molecule has 0 aromatic heterocycles. The average molecular weight is 349 g/mol. The standard InChI is InChI=1S/C18H23NO6/c1-4-17(2,3)15(21)23-8-13(20)24-12-6-10-5-11-14(12)25-16(22)18(11,7-10)9-19/h10-12,14H,4-8H2,1-3H3. The molecule has 25 heavy (non-hydrogen) atoms. The fraction of sp³-hybridized carbons (Fsp3) is 0.778. The van der Waals surface area contributed by atoms with Gasteiger partial charge in [0.25, 0.3) is 0 Å². The number of ether oxygens (including phenoxy) is 3. The molecule has 0 amide bonds. The molecule has 1 heterocycles. The van der Waals surface area contributed by atoms with Crippen LogP contribution in [0.2, 0.25) is 0 Å². The summed E-state index contributed by atoms with van der Waals surface area (Å²) in [6.07, 6.45) is 1.24. The lowest BCUT2D eigenvalue weighted by molar-refractivity contribution is -0.176. The van der Waals surface area contributed by atoms with E-state index in [2.05, 4.69) is 6.07 Å². The van der Waals surface area contributed by atoms with E-state index in [1.165, 1.54) is 0 Å². The summed E-state index contributed by atoms with van der Waals surface area (Å²) in [7, 11) is 0. The number of rotatable bonds is 5. The summed E-state index contributed by atoms with van der Waals surface area (Å²) in [6, 6.07) is 2.14. The maximum absolute atomic E-state index is 12.1. The molecule has 0 N–H and O–H groups in total. The summed E-state index contributed by atoms with van der Waals surface area (Å²) < 4.78 is 15.8. The van der Waals surface area contributed by atoms with E-state index in [0.29, 0.717) is 19.3 Å². The molecule has 3 fully saturated rings. The maximum Gasteiger partial charge on any atom is 0.344 e. The highest BCUT2D eigenvalue weighted by molar-refractivity contribution is 5.84. The van der Waals surface area contributed by atoms with Gasteiger partial charge in [-0.2, -0.15) is 5.26 Å². The van der Waals surface area contributed by atoms with Crippen molar-refractivity contribution in [2.75, 3.05) is 6.61 Å². The molecule has 1 aliphatic heterocycles. The summed E-state index contributed by atoms with van der Waals surface area (Å²) in [5.74, 6) is -1.65. The summed E-state index contributed by atoms with van der Waals surface area (Å²) in [6.45, 7) is 4.91. The number of hydrogen-bond donors (Lipinski definition) is 0. The predicted molar refractivity (Wildman–Crippen MR) is 83.7 cm³/mol. The van der Waals surface area contributed by atoms with Crippen LogP contribution in [0, 0.1) is 34.0 Å². The van der Waals surface area contributed by atoms with E-state index in [9.17, 15) is 19.6 Å². The first-order chi connectivity index (χ1) is 11.7. The summed E-state index contributed by atoms with van der Waals surface area (Å²) >= 11 is 0. The van der Waals surface area contributed by atoms with Crippen LogP contribution in [-0.2, 0) is 28.6 Å². The molecular formula is C18H23NO6. The van der Waals surface area contributed by atoms with E-state index in [1.807, 2.05) is 6.92 Å². The van der Waals surface area contributed by atoms with Crippen LogP contribution < -0.4 is 0 Å². The van der Waals surface area contributed by atoms with Gasteiger partial charge in [-0.15, -0.1) is 0 Å². The Morgan fingerprint density at radius 1 is 1.40 bits per heavy atom. The molecule has 2 bridgehead atoms. The van der Waals surface area contributed by atoms with Gasteiger partial charge in [0.2, 0.25) is 0 Å². The van der Waals surface area contributed by atoms with Gasteiger partial charge in [0.1, 0.15) is 12.2 Å². The van der Waals surface area contributed by atoms with Crippen LogP contribution in [0.5, 0.6) is 0 Å². The quantitative estimate of drug-likeness (QED) is 0.550. The molecule has 2 aliphatic carbocycles. The van der Waals surface area contributed by atoms with Crippen LogP contribution in [0.3, 0.4) is 0 Å². The normalized spacial score (nSPS) is 35.7. The average Bonchev–Trinajstić information content (AvgIpc) is 3.03. The third kappa shape index (κ3) is 2.78. The minimum Gasteiger partial charge on any atom is -0.457 e. The van der Waals surface area contributed by atoms with Crippen LogP contribution in [0.25, 0.3) is 0 Å². The Bertz CT molecular complexity index is 650. The number of carbonyl (C=O) groups is 3. The molecular weight excluding hydrogens is 326 g/mol. The largest absolute Gasteiger partial charge is 0.457 e. The van der Waals surface area contributed by atoms with Crippen molar-refractivity contribution in [3.63, 3.8) is 0 Å². The Kier molecular flexibility index (Phi) is 4.26. The number of esters is 3. The lowest BCUT2D eigenvalue weighted by Gasteiger charge is -2.32. The Balaban J connectivity index is 1.60. The molecule has 7 nitrogen and oxygen atoms in total. The summed E-state index contributed by atoms with van der Waals surface area (Å²) in [5, 5.41) is 9.46. The summed E-state index contributed by atoms with van der Waals surface area (Å²) in [5.41, 5.74) is -1.73. The van der Waals surface area contributed by atoms with Gasteiger partial charge in [-0.1, -0.05) is 6.92 Å². The highest BCUT2D eigenvalue weighted by atomic mass is 16.6. The third-order valence-corrected chi connectivity index (χ3v) is 6.01. The van der Waals surface area contributed by atoms with Gasteiger partial charge in [-0.05, 0) is 45.4 Å². The lowest BCUT2D eigenvalue weighted by atomic mass is 9.77. The lowest BCUT2D eigenvalue weighted by Crippen LogP contribution is -2.41. The molecule has 0 radical (unpaired) electrons. The van der Waals surface area contributed by atoms with Gasteiger partial charge in [0.05, 0.1) is 11.5 Å². The second-order valence-electron chi connectivity index (χ2n) is 7.94. The molecule has 0 aromatic carbocycles. The Labute approximate surface area is 146 Å². The highest BCUT2D eigenvalue weighted by Gasteiger charge is 2.67. The van der Waals surface area contributed by atoms with Crippen molar-refractivity contribution in [2.24, 2.45) is 22.7 Å². The van der Waals surface area contributed by atoms with Crippen molar-refractivity contribution >= 4 is 17.9 Å². The predicted octanol–water partition coefficient (Wildman–Crippen LogP) is 1.74. The first-order valence-corrected chi connectivity index (χ1v) is 8.72. The zero-order chi connectivity index (χ0) is 18.4. The number of nitriles is 1. The van der Waals surface area contributed by atoms with Crippen molar-refractivity contribution in [1.29, 1.82) is 5.26 Å². The molecule has 7 heteroatoms. The Morgan fingerprint density at radius 3 is 2.76 bits per heavy atom. The van der Waals surface area contributed by atoms with Crippen LogP contribution in [0.1, 0.15) is 46.5 Å². The SMILES string of the molecule is CCC(C)(C)C(=O)OCC(=O)OC1CC2CC3C1OC(=O)C3(C#N)C2. The van der Waals surface area contributed by atoms with Crippen LogP contribution in [0.4, 0.5) is 0 Å². The molecule has 0 aromatic rings. The van der Waals surface area contributed by atoms with Gasteiger partial charge in [0.15, 0.2) is 12.0 Å². The maximum atomic E-state index is 12.1. The van der Waals surface area contributed by atoms with E-state index >= 15 is 0 Å². The molecule has 5 atom stereocenters. The molecule has 1 saturated heterocycles. The molecule has 0 spiro atoms. The van der Waals surface area contributed by atoms with Gasteiger partial charge in [0, 0.05) is 5.92 Å². The topological polar surface area (TPSA) is 103 Å². The Hall–Kier alpha value is -2.10. The first-order valence-electron chi connectivity index (χ1n) is 8.72. The van der Waals surface area contributed by atoms with Crippen LogP contribution in [0.15, 0.2) is 0 Å². The zero-order valence-corrected chi connectivity index (χ0v) is 14.7. The van der Waals surface area contributed by atoms with E-state index in [4.69, 9.17) is 14.2 Å². The van der Waals surface area contributed by atoms with Gasteiger partial charge in [-0.25, -0.2) is 4.79 Å². The van der Waals surface area contributed by atoms with Crippen LogP contribution >= 0.6 is 0 Å². The van der Waals surface area contributed by atoms with E-state index < -0.39 is 47.6 Å². The second-order valence-corrected chi connectivity index (χ2v) is 7.94. The molecule has 3 aliphatic rings. The summed E-state index contributed by atoms with van der Waals surface area (Å²) in [4.78, 5) is 36.1. The van der Waals surface area contributed by atoms with E-state index in [1.54, 1.807) is 13.8 Å². The van der Waals surface area contributed by atoms with E-state index in [0.717, 1.165) is 6.42 Å². The fourth-order valence-corrected chi connectivity index (χ4v) is 4.14. The van der Waals surface area contributed by atoms with E-state index in [-0.39, 0.29) is 11.8 Å². The van der Waals surface area contributed by atoms with Crippen molar-refractivity contribution in [3.8, 4) is 6.07 Å². The monoisotopic (exact) mass is 349 g/mol. The zero-order valence-electron chi connectivity index (χ0n) is 14.7. The Morgan fingerprint density at radius 2 is 2.12 bits per heavy atom. The van der Waals surface area contributed by atoms with Crippen molar-refractivity contribution < 1.29 is 28.6 Å². The fourth-order valence-electron chi connectivity index (χ4n) is 4.14. The number of carbonyl (C=O) groups excluding carboxylic acids is 3. The van der Waals surface area contributed by atoms with Crippen molar-refractivity contribution in [2.45, 2.75) is 58.7 Å². The minimum absolute atomic E-state index is 0.174. The van der Waals surface area contributed by atoms with Crippen LogP contribution in [-0.4, -0.2) is 36.7 Å². The van der Waals surface area contributed by atoms with Crippen molar-refractivity contribution in [3.05, 3.63) is 0 Å². The van der Waals surface area contributed by atoms with Crippen molar-refractivity contribution in [1.82, 2.24) is 0 Å². The first kappa shape index (κ1) is 17.7. The minimum atomic E-state index is -1.08. The number of hydrogen-bond acceptors (Lipinski definition) is 7. The molecule has 2 saturated carbocycles. The smallest absolute Gasteiger partial charge is 0.344 e. The highest BCUT2D eigenvalue weighted by Crippen LogP contribution is 2.59. The number of nitrogens with zero attached hydrogens (tertiary/aromatic N) is 1. The molecule has 3 rings (SSSR count). The van der Waals surface area contributed by atoms with Gasteiger partial charge >= 0.3 is 17.9 Å². The van der Waals surface area contributed by atoms with Gasteiger partial charge in [-0.3, -0.25) is 9.59 Å². The number of fused-ring (bicyclic) bond motifs is 1. The molecule has 136 valence electrons. The molecule has 5 unspecified atom stereocenters. The second kappa shape index (κ2) is 6.01.